The summed E-state index contributed by atoms with van der Waals surface area (Å²) in [4.78, 5) is 19.0. The number of benzene rings is 1. The molecule has 1 atom stereocenters. The molecule has 2 N–H and O–H groups in total. The number of nitrogens with one attached hydrogen (secondary N) is 2. The van der Waals surface area contributed by atoms with Crippen molar-refractivity contribution >= 4 is 23.1 Å². The van der Waals surface area contributed by atoms with Crippen LogP contribution < -0.4 is 15.5 Å². The fourth-order valence-corrected chi connectivity index (χ4v) is 4.07. The Morgan fingerprint density at radius 3 is 2.78 bits per heavy atom. The van der Waals surface area contributed by atoms with E-state index < -0.39 is 11.6 Å². The van der Waals surface area contributed by atoms with Gasteiger partial charge in [-0.15, -0.1) is 0 Å². The average molecular weight is 440 g/mol. The molecule has 0 bridgehead atoms. The van der Waals surface area contributed by atoms with Gasteiger partial charge in [0.25, 0.3) is 0 Å². The van der Waals surface area contributed by atoms with Gasteiger partial charge in [-0.2, -0.15) is 5.10 Å². The molecule has 4 rings (SSSR count). The fraction of sp³-hybridized carbons (Fsp3) is 0.348. The first-order chi connectivity index (χ1) is 15.2. The lowest BCUT2D eigenvalue weighted by molar-refractivity contribution is -0.118. The molecule has 1 aliphatic rings. The van der Waals surface area contributed by atoms with Crippen LogP contribution in [0, 0.1) is 24.5 Å². The molecule has 1 aliphatic heterocycles. The zero-order chi connectivity index (χ0) is 23.0. The summed E-state index contributed by atoms with van der Waals surface area (Å²) in [5.74, 6) is -0.137. The summed E-state index contributed by atoms with van der Waals surface area (Å²) in [6.07, 6.45) is 3.46. The number of anilines is 3. The molecule has 1 amide bonds. The molecule has 0 unspecified atom stereocenters. The van der Waals surface area contributed by atoms with Gasteiger partial charge in [-0.1, -0.05) is 13.8 Å². The Morgan fingerprint density at radius 1 is 1.25 bits per heavy atom. The second-order valence-electron chi connectivity index (χ2n) is 8.41. The topological polar surface area (TPSA) is 75.1 Å². The summed E-state index contributed by atoms with van der Waals surface area (Å²) in [6, 6.07) is 5.05. The maximum atomic E-state index is 13.9. The summed E-state index contributed by atoms with van der Waals surface area (Å²) in [5.41, 5.74) is 3.48. The van der Waals surface area contributed by atoms with E-state index in [1.165, 1.54) is 6.07 Å². The van der Waals surface area contributed by atoms with Crippen LogP contribution in [0.25, 0.3) is 0 Å². The monoisotopic (exact) mass is 440 g/mol. The Kier molecular flexibility index (Phi) is 5.82. The van der Waals surface area contributed by atoms with Gasteiger partial charge in [0, 0.05) is 37.0 Å². The largest absolute Gasteiger partial charge is 0.366 e. The Morgan fingerprint density at radius 2 is 2.03 bits per heavy atom. The van der Waals surface area contributed by atoms with Crippen LogP contribution in [0.5, 0.6) is 0 Å². The van der Waals surface area contributed by atoms with Gasteiger partial charge in [0.2, 0.25) is 5.91 Å². The molecular weight excluding hydrogens is 414 g/mol. The van der Waals surface area contributed by atoms with Gasteiger partial charge in [-0.25, -0.2) is 13.8 Å². The normalized spacial score (nSPS) is 15.7. The number of nitrogens with zero attached hydrogens (tertiary/aromatic N) is 4. The molecular formula is C23H26F2N6O. The van der Waals surface area contributed by atoms with Crippen LogP contribution in [0.3, 0.4) is 0 Å². The lowest BCUT2D eigenvalue weighted by atomic mass is 9.98. The molecule has 0 spiro atoms. The smallest absolute Gasteiger partial charge is 0.247 e. The minimum Gasteiger partial charge on any atom is -0.366 e. The van der Waals surface area contributed by atoms with E-state index in [0.717, 1.165) is 34.8 Å². The van der Waals surface area contributed by atoms with E-state index in [4.69, 9.17) is 0 Å². The number of halogens is 2. The first kappa shape index (κ1) is 21.7. The molecule has 9 heteroatoms. The van der Waals surface area contributed by atoms with Crippen LogP contribution in [0.1, 0.15) is 30.7 Å². The lowest BCUT2D eigenvalue weighted by Crippen LogP contribution is -2.49. The second kappa shape index (κ2) is 8.57. The van der Waals surface area contributed by atoms with Gasteiger partial charge in [0.1, 0.15) is 23.5 Å². The first-order valence-corrected chi connectivity index (χ1v) is 10.5. The zero-order valence-electron chi connectivity index (χ0n) is 18.5. The summed E-state index contributed by atoms with van der Waals surface area (Å²) in [5, 5.41) is 10.5. The average Bonchev–Trinajstić information content (AvgIpc) is 3.17. The molecule has 3 aromatic rings. The number of likely N-dealkylation sites (N-methyl/N-ethyl adjacent to an activating group) is 1. The number of fused-ring (bicyclic) bond motifs is 1. The van der Waals surface area contributed by atoms with Crippen LogP contribution in [0.4, 0.5) is 26.0 Å². The van der Waals surface area contributed by atoms with Gasteiger partial charge in [0.05, 0.1) is 29.8 Å². The van der Waals surface area contributed by atoms with Crippen molar-refractivity contribution in [3.63, 3.8) is 0 Å². The minimum absolute atomic E-state index is 0.0252. The Hall–Kier alpha value is -3.49. The molecule has 0 radical (unpaired) electrons. The minimum atomic E-state index is -0.481. The van der Waals surface area contributed by atoms with Crippen molar-refractivity contribution < 1.29 is 13.6 Å². The molecule has 7 nitrogen and oxygen atoms in total. The molecule has 168 valence electrons. The Labute approximate surface area is 185 Å². The summed E-state index contributed by atoms with van der Waals surface area (Å²) in [6.45, 7) is 6.50. The van der Waals surface area contributed by atoms with E-state index in [2.05, 4.69) is 20.7 Å². The Bertz CT molecular complexity index is 1160. The molecule has 32 heavy (non-hydrogen) atoms. The van der Waals surface area contributed by atoms with Crippen molar-refractivity contribution in [1.29, 1.82) is 0 Å². The van der Waals surface area contributed by atoms with Crippen LogP contribution in [0.15, 0.2) is 36.7 Å². The van der Waals surface area contributed by atoms with Gasteiger partial charge in [-0.05, 0) is 31.0 Å². The number of pyridine rings is 1. The molecule has 1 aromatic carbocycles. The van der Waals surface area contributed by atoms with Crippen LogP contribution >= 0.6 is 0 Å². The van der Waals surface area contributed by atoms with Crippen molar-refractivity contribution in [3.8, 4) is 0 Å². The summed E-state index contributed by atoms with van der Waals surface area (Å²) >= 11 is 0. The number of hydrogen-bond donors (Lipinski definition) is 2. The van der Waals surface area contributed by atoms with E-state index >= 15 is 0 Å². The number of aromatic nitrogens is 3. The van der Waals surface area contributed by atoms with Gasteiger partial charge >= 0.3 is 0 Å². The first-order valence-electron chi connectivity index (χ1n) is 10.5. The van der Waals surface area contributed by atoms with E-state index in [1.807, 2.05) is 38.8 Å². The highest BCUT2D eigenvalue weighted by Gasteiger charge is 2.34. The third kappa shape index (κ3) is 4.28. The molecule has 0 fully saturated rings. The highest BCUT2D eigenvalue weighted by molar-refractivity contribution is 6.04. The Balaban J connectivity index is 1.48. The molecule has 0 aliphatic carbocycles. The van der Waals surface area contributed by atoms with Crippen LogP contribution in [-0.2, 0) is 17.9 Å². The van der Waals surface area contributed by atoms with Gasteiger partial charge in [0.15, 0.2) is 0 Å². The third-order valence-electron chi connectivity index (χ3n) is 5.63. The van der Waals surface area contributed by atoms with Gasteiger partial charge < -0.3 is 15.5 Å². The number of carbonyl (C=O) groups is 1. The van der Waals surface area contributed by atoms with Crippen molar-refractivity contribution in [3.05, 3.63) is 65.1 Å². The molecule has 0 saturated heterocycles. The standard InChI is InChI=1S/C23H26F2N6O/c1-13(2)22-23(32)29-21-14(3)28-20(8-19(21)30(22)4)26-9-15-10-27-31(11-15)12-16-7-17(24)5-6-18(16)25/h5-8,10-11,13,22H,9,12H2,1-4H3,(H,26,28)(H,29,32)/t22-/m0/s1. The van der Waals surface area contributed by atoms with Gasteiger partial charge in [-0.3, -0.25) is 9.48 Å². The van der Waals surface area contributed by atoms with Crippen LogP contribution in [0.2, 0.25) is 0 Å². The second-order valence-corrected chi connectivity index (χ2v) is 8.41. The summed E-state index contributed by atoms with van der Waals surface area (Å²) in [7, 11) is 1.92. The SMILES string of the molecule is Cc1nc(NCc2cnn(Cc3cc(F)ccc3F)c2)cc2c1NC(=O)[C@H](C(C)C)N2C. The molecule has 0 saturated carbocycles. The number of hydrogen-bond acceptors (Lipinski definition) is 5. The van der Waals surface area contributed by atoms with Crippen molar-refractivity contribution in [2.24, 2.45) is 5.92 Å². The highest BCUT2D eigenvalue weighted by Crippen LogP contribution is 2.36. The van der Waals surface area contributed by atoms with Crippen molar-refractivity contribution in [2.75, 3.05) is 22.6 Å². The van der Waals surface area contributed by atoms with E-state index in [9.17, 15) is 13.6 Å². The fourth-order valence-electron chi connectivity index (χ4n) is 4.07. The van der Waals surface area contributed by atoms with Crippen molar-refractivity contribution in [1.82, 2.24) is 14.8 Å². The molecule has 2 aromatic heterocycles. The number of amides is 1. The van der Waals surface area contributed by atoms with Crippen LogP contribution in [-0.4, -0.2) is 33.8 Å². The predicted octanol–water partition coefficient (Wildman–Crippen LogP) is 3.94. The maximum absolute atomic E-state index is 13.9. The quantitative estimate of drug-likeness (QED) is 0.607. The highest BCUT2D eigenvalue weighted by atomic mass is 19.1. The third-order valence-corrected chi connectivity index (χ3v) is 5.63. The zero-order valence-corrected chi connectivity index (χ0v) is 18.5. The van der Waals surface area contributed by atoms with Crippen molar-refractivity contribution in [2.45, 2.75) is 39.9 Å². The molecule has 3 heterocycles. The lowest BCUT2D eigenvalue weighted by Gasteiger charge is -2.38. The van der Waals surface area contributed by atoms with E-state index in [0.29, 0.717) is 12.4 Å². The summed E-state index contributed by atoms with van der Waals surface area (Å²) < 4.78 is 28.8. The van der Waals surface area contributed by atoms with E-state index in [-0.39, 0.29) is 30.0 Å². The van der Waals surface area contributed by atoms with E-state index in [1.54, 1.807) is 17.1 Å². The number of aryl methyl sites for hydroxylation is 1. The predicted molar refractivity (Wildman–Crippen MR) is 120 cm³/mol. The maximum Gasteiger partial charge on any atom is 0.247 e. The number of rotatable bonds is 6. The number of carbonyl (C=O) groups excluding carboxylic acids is 1.